The number of halogens is 1. The first-order chi connectivity index (χ1) is 9.59. The Hall–Kier alpha value is -1.53. The standard InChI is InChI=1S/C13H14ClN3O2S/c14-11-4-5-12-10(7-11)3-1-2-6-17(12)20(18,19)13-8-15-9-16-13/h4-5,7-9H,1-3,6H2,(H,15,16). The summed E-state index contributed by atoms with van der Waals surface area (Å²) in [5.41, 5.74) is 1.68. The third-order valence-electron chi connectivity index (χ3n) is 3.41. The monoisotopic (exact) mass is 311 g/mol. The summed E-state index contributed by atoms with van der Waals surface area (Å²) in [4.78, 5) is 6.46. The molecule has 0 atom stereocenters. The Morgan fingerprint density at radius 3 is 2.90 bits per heavy atom. The van der Waals surface area contributed by atoms with Crippen molar-refractivity contribution in [3.63, 3.8) is 0 Å². The Morgan fingerprint density at radius 1 is 1.30 bits per heavy atom. The number of imidazole rings is 1. The van der Waals surface area contributed by atoms with Crippen LogP contribution in [0.25, 0.3) is 0 Å². The molecule has 0 saturated carbocycles. The highest BCUT2D eigenvalue weighted by molar-refractivity contribution is 7.92. The fourth-order valence-electron chi connectivity index (χ4n) is 2.44. The Kier molecular flexibility index (Phi) is 3.43. The smallest absolute Gasteiger partial charge is 0.281 e. The number of aromatic nitrogens is 2. The average Bonchev–Trinajstić information content (AvgIpc) is 2.87. The van der Waals surface area contributed by atoms with Crippen LogP contribution in [0.2, 0.25) is 5.02 Å². The molecule has 0 amide bonds. The molecule has 7 heteroatoms. The van der Waals surface area contributed by atoms with Crippen LogP contribution in [0.3, 0.4) is 0 Å². The van der Waals surface area contributed by atoms with E-state index in [-0.39, 0.29) is 5.03 Å². The molecule has 0 radical (unpaired) electrons. The van der Waals surface area contributed by atoms with Gasteiger partial charge in [-0.3, -0.25) is 4.31 Å². The van der Waals surface area contributed by atoms with E-state index in [0.29, 0.717) is 17.3 Å². The predicted octanol–water partition coefficient (Wildman–Crippen LogP) is 2.59. The molecular formula is C13H14ClN3O2S. The van der Waals surface area contributed by atoms with E-state index in [9.17, 15) is 8.42 Å². The molecule has 1 aromatic carbocycles. The first-order valence-corrected chi connectivity index (χ1v) is 8.20. The Balaban J connectivity index is 2.11. The molecule has 20 heavy (non-hydrogen) atoms. The van der Waals surface area contributed by atoms with Gasteiger partial charge in [0.1, 0.15) is 0 Å². The van der Waals surface area contributed by atoms with Crippen LogP contribution in [0.5, 0.6) is 0 Å². The molecular weight excluding hydrogens is 298 g/mol. The minimum absolute atomic E-state index is 0.111. The topological polar surface area (TPSA) is 66.1 Å². The SMILES string of the molecule is O=S(=O)(c1cnc[nH]1)N1CCCCc2cc(Cl)ccc21. The minimum atomic E-state index is -3.60. The van der Waals surface area contributed by atoms with Gasteiger partial charge < -0.3 is 4.98 Å². The van der Waals surface area contributed by atoms with Crippen LogP contribution in [0.15, 0.2) is 35.7 Å². The normalized spacial score (nSPS) is 15.8. The van der Waals surface area contributed by atoms with E-state index in [2.05, 4.69) is 9.97 Å². The number of hydrogen-bond acceptors (Lipinski definition) is 3. The number of nitrogens with zero attached hydrogens (tertiary/aromatic N) is 2. The summed E-state index contributed by atoms with van der Waals surface area (Å²) in [6.07, 6.45) is 5.30. The van der Waals surface area contributed by atoms with Crippen molar-refractivity contribution < 1.29 is 8.42 Å². The van der Waals surface area contributed by atoms with E-state index in [4.69, 9.17) is 11.6 Å². The van der Waals surface area contributed by atoms with Gasteiger partial charge in [-0.15, -0.1) is 0 Å². The zero-order valence-corrected chi connectivity index (χ0v) is 12.3. The van der Waals surface area contributed by atoms with Gasteiger partial charge in [0.2, 0.25) is 0 Å². The van der Waals surface area contributed by atoms with Crippen LogP contribution in [0, 0.1) is 0 Å². The highest BCUT2D eigenvalue weighted by atomic mass is 35.5. The van der Waals surface area contributed by atoms with Crippen molar-refractivity contribution in [2.24, 2.45) is 0 Å². The van der Waals surface area contributed by atoms with E-state index in [0.717, 1.165) is 24.8 Å². The van der Waals surface area contributed by atoms with Crippen LogP contribution in [0.1, 0.15) is 18.4 Å². The molecule has 3 rings (SSSR count). The van der Waals surface area contributed by atoms with Crippen molar-refractivity contribution in [1.29, 1.82) is 0 Å². The maximum absolute atomic E-state index is 12.7. The molecule has 0 saturated heterocycles. The number of fused-ring (bicyclic) bond motifs is 1. The van der Waals surface area contributed by atoms with Crippen molar-refractivity contribution in [1.82, 2.24) is 9.97 Å². The van der Waals surface area contributed by atoms with Gasteiger partial charge in [0, 0.05) is 11.6 Å². The summed E-state index contributed by atoms with van der Waals surface area (Å²) >= 11 is 6.01. The van der Waals surface area contributed by atoms with Gasteiger partial charge >= 0.3 is 0 Å². The lowest BCUT2D eigenvalue weighted by Gasteiger charge is -2.23. The van der Waals surface area contributed by atoms with E-state index in [1.165, 1.54) is 16.8 Å². The molecule has 1 aliphatic heterocycles. The Bertz CT molecular complexity index is 713. The van der Waals surface area contributed by atoms with E-state index in [1.807, 2.05) is 6.07 Å². The lowest BCUT2D eigenvalue weighted by Crippen LogP contribution is -2.32. The molecule has 2 heterocycles. The van der Waals surface area contributed by atoms with E-state index < -0.39 is 10.0 Å². The highest BCUT2D eigenvalue weighted by Gasteiger charge is 2.29. The van der Waals surface area contributed by atoms with Gasteiger partial charge in [0.25, 0.3) is 10.0 Å². The van der Waals surface area contributed by atoms with Crippen LogP contribution in [-0.2, 0) is 16.4 Å². The molecule has 0 spiro atoms. The summed E-state index contributed by atoms with van der Waals surface area (Å²) in [5, 5.41) is 0.741. The lowest BCUT2D eigenvalue weighted by atomic mass is 10.1. The molecule has 0 bridgehead atoms. The summed E-state index contributed by atoms with van der Waals surface area (Å²) < 4.78 is 26.8. The zero-order chi connectivity index (χ0) is 14.2. The Labute approximate surface area is 122 Å². The van der Waals surface area contributed by atoms with Gasteiger partial charge in [0.05, 0.1) is 18.2 Å². The number of hydrogen-bond donors (Lipinski definition) is 1. The van der Waals surface area contributed by atoms with E-state index in [1.54, 1.807) is 12.1 Å². The zero-order valence-electron chi connectivity index (χ0n) is 10.7. The van der Waals surface area contributed by atoms with E-state index >= 15 is 0 Å². The van der Waals surface area contributed by atoms with Crippen LogP contribution in [0.4, 0.5) is 5.69 Å². The maximum Gasteiger partial charge on any atom is 0.281 e. The molecule has 1 aliphatic rings. The first-order valence-electron chi connectivity index (χ1n) is 6.38. The summed E-state index contributed by atoms with van der Waals surface area (Å²) in [5.74, 6) is 0. The molecule has 5 nitrogen and oxygen atoms in total. The van der Waals surface area contributed by atoms with Crippen molar-refractivity contribution in [2.45, 2.75) is 24.3 Å². The number of rotatable bonds is 2. The molecule has 1 N–H and O–H groups in total. The minimum Gasteiger partial charge on any atom is -0.334 e. The van der Waals surface area contributed by atoms with Gasteiger partial charge in [-0.25, -0.2) is 4.98 Å². The number of nitrogens with one attached hydrogen (secondary N) is 1. The van der Waals surface area contributed by atoms with Crippen molar-refractivity contribution >= 4 is 27.3 Å². The molecule has 0 fully saturated rings. The summed E-state index contributed by atoms with van der Waals surface area (Å²) in [7, 11) is -3.60. The van der Waals surface area contributed by atoms with Crippen LogP contribution < -0.4 is 4.31 Å². The number of aryl methyl sites for hydroxylation is 1. The summed E-state index contributed by atoms with van der Waals surface area (Å²) in [6, 6.07) is 5.34. The van der Waals surface area contributed by atoms with Gasteiger partial charge in [-0.2, -0.15) is 8.42 Å². The fraction of sp³-hybridized carbons (Fsp3) is 0.308. The molecule has 1 aromatic heterocycles. The van der Waals surface area contributed by atoms with Crippen molar-refractivity contribution in [3.8, 4) is 0 Å². The Morgan fingerprint density at radius 2 is 2.15 bits per heavy atom. The van der Waals surface area contributed by atoms with Gasteiger partial charge in [-0.1, -0.05) is 11.6 Å². The third-order valence-corrected chi connectivity index (χ3v) is 5.38. The molecule has 0 aliphatic carbocycles. The van der Waals surface area contributed by atoms with Crippen LogP contribution >= 0.6 is 11.6 Å². The predicted molar refractivity (Wildman–Crippen MR) is 77.5 cm³/mol. The molecule has 2 aromatic rings. The number of H-pyrrole nitrogens is 1. The number of sulfonamides is 1. The average molecular weight is 312 g/mol. The van der Waals surface area contributed by atoms with Crippen molar-refractivity contribution in [3.05, 3.63) is 41.3 Å². The molecule has 106 valence electrons. The van der Waals surface area contributed by atoms with Gasteiger partial charge in [-0.05, 0) is 43.0 Å². The first kappa shape index (κ1) is 13.5. The largest absolute Gasteiger partial charge is 0.334 e. The number of aromatic amines is 1. The summed E-state index contributed by atoms with van der Waals surface area (Å²) in [6.45, 7) is 0.468. The quantitative estimate of drug-likeness (QED) is 0.927. The van der Waals surface area contributed by atoms with Gasteiger partial charge in [0.15, 0.2) is 5.03 Å². The highest BCUT2D eigenvalue weighted by Crippen LogP contribution is 2.32. The molecule has 0 unspecified atom stereocenters. The second-order valence-electron chi connectivity index (χ2n) is 4.72. The third kappa shape index (κ3) is 2.29. The number of benzene rings is 1. The fourth-order valence-corrected chi connectivity index (χ4v) is 4.08. The maximum atomic E-state index is 12.7. The van der Waals surface area contributed by atoms with Crippen molar-refractivity contribution in [2.75, 3.05) is 10.8 Å². The second kappa shape index (κ2) is 5.10. The lowest BCUT2D eigenvalue weighted by molar-refractivity contribution is 0.586. The van der Waals surface area contributed by atoms with Crippen LogP contribution in [-0.4, -0.2) is 24.9 Å². The second-order valence-corrected chi connectivity index (χ2v) is 6.99. The number of anilines is 1.